The van der Waals surface area contributed by atoms with Crippen molar-refractivity contribution in [3.05, 3.63) is 78.1 Å². The summed E-state index contributed by atoms with van der Waals surface area (Å²) in [7, 11) is 0. The number of hydrogen-bond donors (Lipinski definition) is 3. The zero-order valence-corrected chi connectivity index (χ0v) is 18.2. The second kappa shape index (κ2) is 9.24. The number of nitrogens with one attached hydrogen (secondary N) is 3. The largest absolute Gasteiger partial charge is 0.349 e. The summed E-state index contributed by atoms with van der Waals surface area (Å²) in [6.07, 6.45) is 8.97. The minimum absolute atomic E-state index is 0.0441. The lowest BCUT2D eigenvalue weighted by atomic mass is 9.95. The third-order valence-corrected chi connectivity index (χ3v) is 6.03. The van der Waals surface area contributed by atoms with Crippen LogP contribution in [0.1, 0.15) is 52.8 Å². The highest BCUT2D eigenvalue weighted by atomic mass is 16.2. The van der Waals surface area contributed by atoms with E-state index in [1.807, 2.05) is 30.3 Å². The van der Waals surface area contributed by atoms with Crippen LogP contribution >= 0.6 is 0 Å². The molecule has 0 aliphatic heterocycles. The van der Waals surface area contributed by atoms with Gasteiger partial charge < -0.3 is 15.6 Å². The Hall–Kier alpha value is -4.00. The van der Waals surface area contributed by atoms with Crippen LogP contribution in [0.2, 0.25) is 0 Å². The molecule has 2 aromatic heterocycles. The lowest BCUT2D eigenvalue weighted by Crippen LogP contribution is -2.36. The van der Waals surface area contributed by atoms with Crippen molar-refractivity contribution in [2.75, 3.05) is 5.32 Å². The predicted octanol–water partition coefficient (Wildman–Crippen LogP) is 4.94. The van der Waals surface area contributed by atoms with E-state index in [4.69, 9.17) is 0 Å². The fourth-order valence-corrected chi connectivity index (χ4v) is 4.22. The molecule has 0 atom stereocenters. The Kier molecular flexibility index (Phi) is 5.85. The van der Waals surface area contributed by atoms with Crippen molar-refractivity contribution >= 4 is 28.5 Å². The van der Waals surface area contributed by atoms with Gasteiger partial charge >= 0.3 is 0 Å². The highest BCUT2D eigenvalue weighted by Gasteiger charge is 2.17. The zero-order valence-electron chi connectivity index (χ0n) is 18.2. The van der Waals surface area contributed by atoms with Crippen LogP contribution in [0.3, 0.4) is 0 Å². The van der Waals surface area contributed by atoms with E-state index >= 15 is 0 Å². The van der Waals surface area contributed by atoms with E-state index in [0.717, 1.165) is 29.4 Å². The lowest BCUT2D eigenvalue weighted by molar-refractivity contribution is 0.0927. The number of fused-ring (bicyclic) bond motifs is 1. The molecular formula is C26H25N5O2. The third kappa shape index (κ3) is 4.77. The van der Waals surface area contributed by atoms with E-state index in [1.54, 1.807) is 36.7 Å². The lowest BCUT2D eigenvalue weighted by Gasteiger charge is -2.22. The number of H-pyrrole nitrogens is 1. The van der Waals surface area contributed by atoms with Crippen LogP contribution in [0.5, 0.6) is 0 Å². The Morgan fingerprint density at radius 2 is 1.70 bits per heavy atom. The summed E-state index contributed by atoms with van der Waals surface area (Å²) in [4.78, 5) is 37.1. The summed E-state index contributed by atoms with van der Waals surface area (Å²) < 4.78 is 0. The molecule has 3 N–H and O–H groups in total. The molecule has 1 aliphatic rings. The van der Waals surface area contributed by atoms with Crippen LogP contribution in [-0.4, -0.2) is 32.8 Å². The topological polar surface area (TPSA) is 99.8 Å². The van der Waals surface area contributed by atoms with Crippen LogP contribution < -0.4 is 10.6 Å². The fourth-order valence-electron chi connectivity index (χ4n) is 4.22. The van der Waals surface area contributed by atoms with Crippen molar-refractivity contribution in [1.82, 2.24) is 20.3 Å². The smallest absolute Gasteiger partial charge is 0.255 e. The molecular weight excluding hydrogens is 414 g/mol. The van der Waals surface area contributed by atoms with E-state index in [2.05, 4.69) is 25.6 Å². The fraction of sp³-hybridized carbons (Fsp3) is 0.231. The van der Waals surface area contributed by atoms with Gasteiger partial charge in [-0.1, -0.05) is 31.4 Å². The number of aromatic nitrogens is 3. The molecule has 2 heterocycles. The van der Waals surface area contributed by atoms with E-state index in [0.29, 0.717) is 22.6 Å². The Morgan fingerprint density at radius 3 is 2.45 bits per heavy atom. The van der Waals surface area contributed by atoms with Crippen molar-refractivity contribution in [3.63, 3.8) is 0 Å². The van der Waals surface area contributed by atoms with Gasteiger partial charge in [0, 0.05) is 28.9 Å². The quantitative estimate of drug-likeness (QED) is 0.410. The number of amides is 2. The average Bonchev–Trinajstić information content (AvgIpc) is 3.29. The number of imidazole rings is 1. The second-order valence-corrected chi connectivity index (χ2v) is 8.40. The minimum Gasteiger partial charge on any atom is -0.349 e. The number of hydrogen-bond acceptors (Lipinski definition) is 4. The van der Waals surface area contributed by atoms with Gasteiger partial charge in [-0.15, -0.1) is 0 Å². The van der Waals surface area contributed by atoms with Crippen molar-refractivity contribution in [2.24, 2.45) is 0 Å². The molecule has 0 unspecified atom stereocenters. The van der Waals surface area contributed by atoms with Crippen LogP contribution in [0.25, 0.3) is 22.4 Å². The molecule has 2 aromatic carbocycles. The molecule has 7 nitrogen and oxygen atoms in total. The number of anilines is 1. The number of nitrogens with zero attached hydrogens (tertiary/aromatic N) is 2. The highest BCUT2D eigenvalue weighted by molar-refractivity contribution is 6.04. The minimum atomic E-state index is -0.201. The number of carbonyl (C=O) groups is 2. The summed E-state index contributed by atoms with van der Waals surface area (Å²) in [5.74, 6) is 0.444. The van der Waals surface area contributed by atoms with Crippen LogP contribution in [0.15, 0.2) is 67.0 Å². The summed E-state index contributed by atoms with van der Waals surface area (Å²) in [6, 6.07) is 16.6. The van der Waals surface area contributed by atoms with Gasteiger partial charge in [0.15, 0.2) is 0 Å². The molecule has 5 rings (SSSR count). The SMILES string of the molecule is O=C(Nc1cccnc1)c1ccc(-c2nc3cc(C(=O)NC4CCCCC4)ccc3[nH]2)cc1. The van der Waals surface area contributed by atoms with Crippen LogP contribution in [0, 0.1) is 0 Å². The van der Waals surface area contributed by atoms with Gasteiger partial charge in [-0.05, 0) is 55.3 Å². The summed E-state index contributed by atoms with van der Waals surface area (Å²) >= 11 is 0. The first-order valence-electron chi connectivity index (χ1n) is 11.3. The molecule has 1 saturated carbocycles. The molecule has 0 radical (unpaired) electrons. The molecule has 4 aromatic rings. The molecule has 0 spiro atoms. The first-order chi connectivity index (χ1) is 16.2. The van der Waals surface area contributed by atoms with Gasteiger partial charge in [0.2, 0.25) is 0 Å². The van der Waals surface area contributed by atoms with Gasteiger partial charge in [0.05, 0.1) is 22.9 Å². The van der Waals surface area contributed by atoms with Gasteiger partial charge in [-0.3, -0.25) is 14.6 Å². The number of aromatic amines is 1. The molecule has 1 fully saturated rings. The highest BCUT2D eigenvalue weighted by Crippen LogP contribution is 2.23. The molecule has 33 heavy (non-hydrogen) atoms. The molecule has 7 heteroatoms. The molecule has 0 bridgehead atoms. The maximum Gasteiger partial charge on any atom is 0.255 e. The van der Waals surface area contributed by atoms with E-state index < -0.39 is 0 Å². The van der Waals surface area contributed by atoms with Crippen LogP contribution in [0.4, 0.5) is 5.69 Å². The molecule has 0 saturated heterocycles. The molecule has 2 amide bonds. The Balaban J connectivity index is 1.30. The van der Waals surface area contributed by atoms with E-state index in [-0.39, 0.29) is 17.9 Å². The van der Waals surface area contributed by atoms with E-state index in [9.17, 15) is 9.59 Å². The Bertz CT molecular complexity index is 1280. The summed E-state index contributed by atoms with van der Waals surface area (Å²) in [5.41, 5.74) is 4.26. The van der Waals surface area contributed by atoms with Crippen molar-refractivity contribution in [1.29, 1.82) is 0 Å². The van der Waals surface area contributed by atoms with Crippen molar-refractivity contribution in [2.45, 2.75) is 38.1 Å². The summed E-state index contributed by atoms with van der Waals surface area (Å²) in [5, 5.41) is 5.98. The second-order valence-electron chi connectivity index (χ2n) is 8.40. The maximum atomic E-state index is 12.7. The Morgan fingerprint density at radius 1 is 0.909 bits per heavy atom. The average molecular weight is 440 g/mol. The first kappa shape index (κ1) is 20.9. The number of carbonyl (C=O) groups excluding carboxylic acids is 2. The normalized spacial score (nSPS) is 14.2. The summed E-state index contributed by atoms with van der Waals surface area (Å²) in [6.45, 7) is 0. The maximum absolute atomic E-state index is 12.7. The Labute approximate surface area is 191 Å². The molecule has 166 valence electrons. The number of pyridine rings is 1. The van der Waals surface area contributed by atoms with Gasteiger partial charge in [0.1, 0.15) is 5.82 Å². The van der Waals surface area contributed by atoms with Crippen molar-refractivity contribution in [3.8, 4) is 11.4 Å². The molecule has 1 aliphatic carbocycles. The number of rotatable bonds is 5. The predicted molar refractivity (Wildman–Crippen MR) is 128 cm³/mol. The number of benzene rings is 2. The zero-order chi connectivity index (χ0) is 22.6. The first-order valence-corrected chi connectivity index (χ1v) is 11.3. The van der Waals surface area contributed by atoms with Crippen molar-refractivity contribution < 1.29 is 9.59 Å². The van der Waals surface area contributed by atoms with Gasteiger partial charge in [-0.2, -0.15) is 0 Å². The van der Waals surface area contributed by atoms with Gasteiger partial charge in [-0.25, -0.2) is 4.98 Å². The van der Waals surface area contributed by atoms with Crippen LogP contribution in [-0.2, 0) is 0 Å². The third-order valence-electron chi connectivity index (χ3n) is 6.03. The monoisotopic (exact) mass is 439 g/mol. The standard InChI is InChI=1S/C26H25N5O2/c32-25(29-21-7-4-14-27-16-21)18-10-8-17(9-11-18)24-30-22-13-12-19(15-23(22)31-24)26(33)28-20-5-2-1-3-6-20/h4,7-16,20H,1-3,5-6H2,(H,28,33)(H,29,32)(H,30,31). The van der Waals surface area contributed by atoms with E-state index in [1.165, 1.54) is 19.3 Å². The van der Waals surface area contributed by atoms with Gasteiger partial charge in [0.25, 0.3) is 11.8 Å².